The molecule has 7 nitrogen and oxygen atoms in total. The third kappa shape index (κ3) is 2.57. The van der Waals surface area contributed by atoms with E-state index in [4.69, 9.17) is 10.5 Å². The van der Waals surface area contributed by atoms with E-state index in [1.54, 1.807) is 18.3 Å². The van der Waals surface area contributed by atoms with Crippen molar-refractivity contribution in [3.05, 3.63) is 18.3 Å². The highest BCUT2D eigenvalue weighted by Gasteiger charge is 2.28. The highest BCUT2D eigenvalue weighted by atomic mass is 16.5. The van der Waals surface area contributed by atoms with Crippen molar-refractivity contribution >= 4 is 17.6 Å². The van der Waals surface area contributed by atoms with Gasteiger partial charge in [-0.1, -0.05) is 0 Å². The Morgan fingerprint density at radius 2 is 2.44 bits per heavy atom. The van der Waals surface area contributed by atoms with Crippen molar-refractivity contribution in [3.63, 3.8) is 0 Å². The highest BCUT2D eigenvalue weighted by Crippen LogP contribution is 2.28. The number of amides is 2. The van der Waals surface area contributed by atoms with Gasteiger partial charge >= 0.3 is 0 Å². The maximum atomic E-state index is 11.7. The van der Waals surface area contributed by atoms with Crippen molar-refractivity contribution in [2.24, 2.45) is 5.73 Å². The van der Waals surface area contributed by atoms with Crippen molar-refractivity contribution in [3.8, 4) is 5.75 Å². The fourth-order valence-corrected chi connectivity index (χ4v) is 1.61. The number of fused-ring (bicyclic) bond motifs is 1. The Bertz CT molecular complexity index is 463. The Balaban J connectivity index is 2.12. The molecular formula is C11H14N4O3. The van der Waals surface area contributed by atoms with Gasteiger partial charge in [0.15, 0.2) is 18.2 Å². The Kier molecular flexibility index (Phi) is 3.73. The van der Waals surface area contributed by atoms with Crippen LogP contribution < -0.4 is 20.7 Å². The van der Waals surface area contributed by atoms with Gasteiger partial charge in [0.25, 0.3) is 5.91 Å². The van der Waals surface area contributed by atoms with Crippen molar-refractivity contribution in [2.75, 3.05) is 31.1 Å². The van der Waals surface area contributed by atoms with Crippen molar-refractivity contribution in [2.45, 2.75) is 0 Å². The normalized spacial score (nSPS) is 13.8. The van der Waals surface area contributed by atoms with Crippen LogP contribution in [0.25, 0.3) is 0 Å². The summed E-state index contributed by atoms with van der Waals surface area (Å²) in [6, 6.07) is 3.42. The first-order valence-electron chi connectivity index (χ1n) is 5.57. The first kappa shape index (κ1) is 12.3. The zero-order valence-electron chi connectivity index (χ0n) is 9.76. The minimum atomic E-state index is -0.288. The summed E-state index contributed by atoms with van der Waals surface area (Å²) in [5.41, 5.74) is 5.29. The van der Waals surface area contributed by atoms with Crippen molar-refractivity contribution in [1.29, 1.82) is 0 Å². The van der Waals surface area contributed by atoms with E-state index in [1.165, 1.54) is 4.90 Å². The molecule has 18 heavy (non-hydrogen) atoms. The van der Waals surface area contributed by atoms with Gasteiger partial charge in [0.2, 0.25) is 5.91 Å². The lowest BCUT2D eigenvalue weighted by atomic mass is 10.3. The Morgan fingerprint density at radius 3 is 3.22 bits per heavy atom. The summed E-state index contributed by atoms with van der Waals surface area (Å²) in [5.74, 6) is 0.316. The smallest absolute Gasteiger partial charge is 0.266 e. The van der Waals surface area contributed by atoms with Crippen LogP contribution >= 0.6 is 0 Å². The first-order chi connectivity index (χ1) is 8.72. The lowest BCUT2D eigenvalue weighted by molar-refractivity contribution is -0.125. The number of pyridine rings is 1. The minimum Gasteiger partial charge on any atom is -0.480 e. The SMILES string of the molecule is NCCNC(=O)CN1C(=O)COc2cccnc21. The van der Waals surface area contributed by atoms with Gasteiger partial charge < -0.3 is 15.8 Å². The second-order valence-electron chi connectivity index (χ2n) is 3.73. The number of nitrogens with one attached hydrogen (secondary N) is 1. The molecule has 0 saturated carbocycles. The number of rotatable bonds is 4. The summed E-state index contributed by atoms with van der Waals surface area (Å²) < 4.78 is 5.22. The predicted molar refractivity (Wildman–Crippen MR) is 64.1 cm³/mol. The minimum absolute atomic E-state index is 0.0772. The average Bonchev–Trinajstić information content (AvgIpc) is 2.40. The molecule has 1 aromatic rings. The number of nitrogens with two attached hydrogens (primary N) is 1. The molecule has 96 valence electrons. The zero-order valence-corrected chi connectivity index (χ0v) is 9.76. The van der Waals surface area contributed by atoms with Gasteiger partial charge in [-0.05, 0) is 12.1 Å². The molecule has 0 spiro atoms. The maximum absolute atomic E-state index is 11.7. The molecule has 0 saturated heterocycles. The van der Waals surface area contributed by atoms with Gasteiger partial charge in [0, 0.05) is 19.3 Å². The molecule has 0 aliphatic carbocycles. The van der Waals surface area contributed by atoms with Gasteiger partial charge in [-0.15, -0.1) is 0 Å². The second kappa shape index (κ2) is 5.46. The molecule has 0 radical (unpaired) electrons. The summed E-state index contributed by atoms with van der Waals surface area (Å²) in [5, 5.41) is 2.60. The van der Waals surface area contributed by atoms with Gasteiger partial charge in [0.1, 0.15) is 6.54 Å². The summed E-state index contributed by atoms with van der Waals surface area (Å²) in [7, 11) is 0. The van der Waals surface area contributed by atoms with Crippen LogP contribution in [0, 0.1) is 0 Å². The van der Waals surface area contributed by atoms with Crippen molar-refractivity contribution < 1.29 is 14.3 Å². The molecule has 0 bridgehead atoms. The number of nitrogens with zero attached hydrogens (tertiary/aromatic N) is 2. The third-order valence-corrected chi connectivity index (χ3v) is 2.43. The van der Waals surface area contributed by atoms with Gasteiger partial charge in [0.05, 0.1) is 0 Å². The van der Waals surface area contributed by atoms with E-state index in [2.05, 4.69) is 10.3 Å². The van der Waals surface area contributed by atoms with Crippen LogP contribution in [-0.4, -0.2) is 43.0 Å². The van der Waals surface area contributed by atoms with E-state index in [0.717, 1.165) is 0 Å². The van der Waals surface area contributed by atoms with E-state index < -0.39 is 0 Å². The Morgan fingerprint density at radius 1 is 1.61 bits per heavy atom. The molecule has 0 aromatic carbocycles. The standard InChI is InChI=1S/C11H14N4O3/c12-3-5-13-9(16)6-15-10(17)7-18-8-2-1-4-14-11(8)15/h1-2,4H,3,5-7,12H2,(H,13,16). The number of hydrogen-bond acceptors (Lipinski definition) is 5. The number of anilines is 1. The van der Waals surface area contributed by atoms with Crippen LogP contribution in [0.4, 0.5) is 5.82 Å². The van der Waals surface area contributed by atoms with Crippen LogP contribution in [0.3, 0.4) is 0 Å². The number of hydrogen-bond donors (Lipinski definition) is 2. The zero-order chi connectivity index (χ0) is 13.0. The number of carbonyl (C=O) groups is 2. The van der Waals surface area contributed by atoms with E-state index in [9.17, 15) is 9.59 Å². The maximum Gasteiger partial charge on any atom is 0.266 e. The quantitative estimate of drug-likeness (QED) is 0.705. The monoisotopic (exact) mass is 250 g/mol. The van der Waals surface area contributed by atoms with Crippen LogP contribution in [0.2, 0.25) is 0 Å². The number of ether oxygens (including phenoxy) is 1. The molecular weight excluding hydrogens is 236 g/mol. The summed E-state index contributed by atoms with van der Waals surface area (Å²) >= 11 is 0. The molecule has 3 N–H and O–H groups in total. The fraction of sp³-hybridized carbons (Fsp3) is 0.364. The van der Waals surface area contributed by atoms with Gasteiger partial charge in [-0.3, -0.25) is 14.5 Å². The first-order valence-corrected chi connectivity index (χ1v) is 5.57. The topological polar surface area (TPSA) is 97.6 Å². The van der Waals surface area contributed by atoms with E-state index >= 15 is 0 Å². The van der Waals surface area contributed by atoms with Gasteiger partial charge in [-0.2, -0.15) is 0 Å². The van der Waals surface area contributed by atoms with E-state index in [-0.39, 0.29) is 25.0 Å². The van der Waals surface area contributed by atoms with Crippen LogP contribution in [0.15, 0.2) is 18.3 Å². The van der Waals surface area contributed by atoms with Crippen LogP contribution in [0.5, 0.6) is 5.75 Å². The molecule has 0 fully saturated rings. The molecule has 2 amide bonds. The van der Waals surface area contributed by atoms with Gasteiger partial charge in [-0.25, -0.2) is 4.98 Å². The van der Waals surface area contributed by atoms with Crippen LogP contribution in [0.1, 0.15) is 0 Å². The van der Waals surface area contributed by atoms with Crippen molar-refractivity contribution in [1.82, 2.24) is 10.3 Å². The molecule has 1 aliphatic rings. The fourth-order valence-electron chi connectivity index (χ4n) is 1.61. The predicted octanol–water partition coefficient (Wildman–Crippen LogP) is -1.12. The number of aromatic nitrogens is 1. The molecule has 2 heterocycles. The third-order valence-electron chi connectivity index (χ3n) is 2.43. The summed E-state index contributed by atoms with van der Waals surface area (Å²) in [6.45, 7) is 0.582. The second-order valence-corrected chi connectivity index (χ2v) is 3.73. The lowest BCUT2D eigenvalue weighted by Gasteiger charge is -2.27. The molecule has 7 heteroatoms. The average molecular weight is 250 g/mol. The van der Waals surface area contributed by atoms with E-state index in [1.807, 2.05) is 0 Å². The summed E-state index contributed by atoms with van der Waals surface area (Å²) in [4.78, 5) is 28.7. The largest absolute Gasteiger partial charge is 0.480 e. The molecule has 0 unspecified atom stereocenters. The Hall–Kier alpha value is -2.15. The lowest BCUT2D eigenvalue weighted by Crippen LogP contribution is -2.46. The Labute approximate surface area is 104 Å². The molecule has 0 atom stereocenters. The highest BCUT2D eigenvalue weighted by molar-refractivity contribution is 6.01. The molecule has 2 rings (SSSR count). The summed E-state index contributed by atoms with van der Waals surface area (Å²) in [6.07, 6.45) is 1.55. The van der Waals surface area contributed by atoms with Crippen LogP contribution in [-0.2, 0) is 9.59 Å². The molecule has 1 aromatic heterocycles. The number of carbonyl (C=O) groups excluding carboxylic acids is 2. The van der Waals surface area contributed by atoms with E-state index in [0.29, 0.717) is 24.7 Å². The molecule has 1 aliphatic heterocycles.